The van der Waals surface area contributed by atoms with Crippen LogP contribution in [-0.2, 0) is 16.1 Å². The van der Waals surface area contributed by atoms with E-state index < -0.39 is 0 Å². The van der Waals surface area contributed by atoms with Gasteiger partial charge in [0.2, 0.25) is 11.8 Å². The molecule has 1 fully saturated rings. The van der Waals surface area contributed by atoms with Crippen LogP contribution in [0.1, 0.15) is 44.1 Å². The normalized spacial score (nSPS) is 14.7. The molecule has 1 saturated carbocycles. The van der Waals surface area contributed by atoms with Crippen LogP contribution in [0.5, 0.6) is 0 Å². The van der Waals surface area contributed by atoms with Gasteiger partial charge in [0.25, 0.3) is 0 Å². The van der Waals surface area contributed by atoms with Crippen molar-refractivity contribution in [1.82, 2.24) is 10.2 Å². The van der Waals surface area contributed by atoms with Gasteiger partial charge in [0.1, 0.15) is 0 Å². The van der Waals surface area contributed by atoms with E-state index in [4.69, 9.17) is 5.11 Å². The third-order valence-corrected chi connectivity index (χ3v) is 4.23. The molecule has 0 spiro atoms. The zero-order valence-electron chi connectivity index (χ0n) is 13.5. The van der Waals surface area contributed by atoms with Crippen LogP contribution in [0.25, 0.3) is 0 Å². The van der Waals surface area contributed by atoms with E-state index >= 15 is 0 Å². The number of aliphatic hydroxyl groups is 1. The van der Waals surface area contributed by atoms with E-state index in [-0.39, 0.29) is 43.8 Å². The molecule has 5 heteroatoms. The predicted molar refractivity (Wildman–Crippen MR) is 88.6 cm³/mol. The van der Waals surface area contributed by atoms with Crippen LogP contribution in [0, 0.1) is 0 Å². The standard InChI is InChI=1S/C18H26N2O3/c21-13-12-20(14-15-6-2-1-3-7-15)18(23)11-10-17(22)19-16-8-4-5-9-16/h1-3,6-7,16,21H,4-5,8-14H2,(H,19,22). The van der Waals surface area contributed by atoms with Crippen molar-refractivity contribution in [2.75, 3.05) is 13.2 Å². The Labute approximate surface area is 137 Å². The van der Waals surface area contributed by atoms with Crippen molar-refractivity contribution in [2.24, 2.45) is 0 Å². The highest BCUT2D eigenvalue weighted by Gasteiger charge is 2.19. The summed E-state index contributed by atoms with van der Waals surface area (Å²) in [6.07, 6.45) is 4.84. The lowest BCUT2D eigenvalue weighted by Crippen LogP contribution is -2.36. The topological polar surface area (TPSA) is 69.6 Å². The van der Waals surface area contributed by atoms with Gasteiger partial charge in [-0.15, -0.1) is 0 Å². The van der Waals surface area contributed by atoms with Crippen LogP contribution in [0.3, 0.4) is 0 Å². The Hall–Kier alpha value is -1.88. The first-order valence-corrected chi connectivity index (χ1v) is 8.41. The Morgan fingerprint density at radius 1 is 1.13 bits per heavy atom. The molecule has 0 bridgehead atoms. The maximum atomic E-state index is 12.3. The van der Waals surface area contributed by atoms with E-state index in [1.807, 2.05) is 30.3 Å². The van der Waals surface area contributed by atoms with Gasteiger partial charge in [-0.25, -0.2) is 0 Å². The molecular formula is C18H26N2O3. The number of hydrogen-bond donors (Lipinski definition) is 2. The average molecular weight is 318 g/mol. The molecule has 126 valence electrons. The fraction of sp³-hybridized carbons (Fsp3) is 0.556. The molecule has 0 heterocycles. The second kappa shape index (κ2) is 9.30. The van der Waals surface area contributed by atoms with E-state index in [2.05, 4.69) is 5.32 Å². The minimum Gasteiger partial charge on any atom is -0.395 e. The molecule has 0 saturated heterocycles. The molecule has 0 aliphatic heterocycles. The lowest BCUT2D eigenvalue weighted by molar-refractivity contribution is -0.134. The van der Waals surface area contributed by atoms with E-state index in [0.29, 0.717) is 6.54 Å². The Kier molecular flexibility index (Phi) is 7.07. The summed E-state index contributed by atoms with van der Waals surface area (Å²) in [5, 5.41) is 12.2. The molecular weight excluding hydrogens is 292 g/mol. The summed E-state index contributed by atoms with van der Waals surface area (Å²) in [6.45, 7) is 0.676. The van der Waals surface area contributed by atoms with Crippen molar-refractivity contribution in [1.29, 1.82) is 0 Å². The Morgan fingerprint density at radius 3 is 2.48 bits per heavy atom. The van der Waals surface area contributed by atoms with E-state index in [9.17, 15) is 9.59 Å². The smallest absolute Gasteiger partial charge is 0.223 e. The monoisotopic (exact) mass is 318 g/mol. The molecule has 1 aromatic rings. The number of amides is 2. The number of hydrogen-bond acceptors (Lipinski definition) is 3. The quantitative estimate of drug-likeness (QED) is 0.768. The zero-order chi connectivity index (χ0) is 16.5. The minimum atomic E-state index is -0.0931. The van der Waals surface area contributed by atoms with Crippen LogP contribution in [0.2, 0.25) is 0 Å². The number of nitrogens with one attached hydrogen (secondary N) is 1. The van der Waals surface area contributed by atoms with Gasteiger partial charge in [0.05, 0.1) is 6.61 Å². The number of carbonyl (C=O) groups is 2. The highest BCUT2D eigenvalue weighted by Crippen LogP contribution is 2.17. The molecule has 0 radical (unpaired) electrons. The van der Waals surface area contributed by atoms with Gasteiger partial charge < -0.3 is 15.3 Å². The first-order valence-electron chi connectivity index (χ1n) is 8.41. The van der Waals surface area contributed by atoms with Gasteiger partial charge >= 0.3 is 0 Å². The van der Waals surface area contributed by atoms with Crippen molar-refractivity contribution < 1.29 is 14.7 Å². The maximum absolute atomic E-state index is 12.3. The average Bonchev–Trinajstić information content (AvgIpc) is 3.06. The van der Waals surface area contributed by atoms with E-state index in [1.54, 1.807) is 4.90 Å². The Morgan fingerprint density at radius 2 is 1.83 bits per heavy atom. The van der Waals surface area contributed by atoms with Crippen LogP contribution in [0.4, 0.5) is 0 Å². The first-order chi connectivity index (χ1) is 11.2. The minimum absolute atomic E-state index is 0.0473. The first kappa shape index (κ1) is 17.5. The summed E-state index contributed by atoms with van der Waals surface area (Å²) in [6, 6.07) is 9.96. The Balaban J connectivity index is 1.79. The summed E-state index contributed by atoms with van der Waals surface area (Å²) in [5.74, 6) is -0.140. The second-order valence-corrected chi connectivity index (χ2v) is 6.07. The summed E-state index contributed by atoms with van der Waals surface area (Å²) in [4.78, 5) is 25.8. The molecule has 5 nitrogen and oxygen atoms in total. The molecule has 2 rings (SSSR count). The molecule has 2 N–H and O–H groups in total. The summed E-state index contributed by atoms with van der Waals surface area (Å²) < 4.78 is 0. The number of nitrogens with zero attached hydrogens (tertiary/aromatic N) is 1. The molecule has 23 heavy (non-hydrogen) atoms. The van der Waals surface area contributed by atoms with E-state index in [1.165, 1.54) is 12.8 Å². The third kappa shape index (κ3) is 6.02. The van der Waals surface area contributed by atoms with Crippen molar-refractivity contribution in [3.63, 3.8) is 0 Å². The summed E-state index contributed by atoms with van der Waals surface area (Å²) >= 11 is 0. The van der Waals surface area contributed by atoms with Crippen molar-refractivity contribution in [3.05, 3.63) is 35.9 Å². The largest absolute Gasteiger partial charge is 0.395 e. The third-order valence-electron chi connectivity index (χ3n) is 4.23. The van der Waals surface area contributed by atoms with Gasteiger partial charge in [-0.2, -0.15) is 0 Å². The fourth-order valence-corrected chi connectivity index (χ4v) is 2.97. The molecule has 1 aliphatic rings. The van der Waals surface area contributed by atoms with Crippen LogP contribution in [-0.4, -0.2) is 41.0 Å². The highest BCUT2D eigenvalue weighted by molar-refractivity contribution is 5.83. The SMILES string of the molecule is O=C(CCC(=O)N(CCO)Cc1ccccc1)NC1CCCC1. The van der Waals surface area contributed by atoms with Crippen LogP contribution >= 0.6 is 0 Å². The molecule has 1 aromatic carbocycles. The number of aliphatic hydroxyl groups excluding tert-OH is 1. The van der Waals surface area contributed by atoms with Gasteiger partial charge in [0, 0.05) is 32.0 Å². The second-order valence-electron chi connectivity index (χ2n) is 6.07. The van der Waals surface area contributed by atoms with Crippen molar-refractivity contribution >= 4 is 11.8 Å². The highest BCUT2D eigenvalue weighted by atomic mass is 16.3. The number of rotatable bonds is 8. The zero-order valence-corrected chi connectivity index (χ0v) is 13.5. The lowest BCUT2D eigenvalue weighted by Gasteiger charge is -2.22. The molecule has 0 atom stereocenters. The number of carbonyl (C=O) groups excluding carboxylic acids is 2. The molecule has 1 aliphatic carbocycles. The van der Waals surface area contributed by atoms with Gasteiger partial charge in [-0.1, -0.05) is 43.2 Å². The van der Waals surface area contributed by atoms with Crippen molar-refractivity contribution in [2.45, 2.75) is 51.1 Å². The lowest BCUT2D eigenvalue weighted by atomic mass is 10.2. The Bertz CT molecular complexity index is 498. The van der Waals surface area contributed by atoms with Crippen molar-refractivity contribution in [3.8, 4) is 0 Å². The molecule has 0 unspecified atom stereocenters. The van der Waals surface area contributed by atoms with Crippen LogP contribution in [0.15, 0.2) is 30.3 Å². The molecule has 0 aromatic heterocycles. The molecule has 2 amide bonds. The summed E-state index contributed by atoms with van der Waals surface area (Å²) in [7, 11) is 0. The van der Waals surface area contributed by atoms with Gasteiger partial charge in [-0.05, 0) is 18.4 Å². The maximum Gasteiger partial charge on any atom is 0.223 e. The van der Waals surface area contributed by atoms with E-state index in [0.717, 1.165) is 18.4 Å². The number of benzene rings is 1. The van der Waals surface area contributed by atoms with Gasteiger partial charge in [-0.3, -0.25) is 9.59 Å². The summed E-state index contributed by atoms with van der Waals surface area (Å²) in [5.41, 5.74) is 1.02. The van der Waals surface area contributed by atoms with Crippen LogP contribution < -0.4 is 5.32 Å². The predicted octanol–water partition coefficient (Wildman–Crippen LogP) is 1.85. The fourth-order valence-electron chi connectivity index (χ4n) is 2.97. The van der Waals surface area contributed by atoms with Gasteiger partial charge in [0.15, 0.2) is 0 Å².